The van der Waals surface area contributed by atoms with Crippen molar-refractivity contribution in [3.63, 3.8) is 0 Å². The highest BCUT2D eigenvalue weighted by atomic mass is 16.3. The second-order valence-electron chi connectivity index (χ2n) is 4.93. The van der Waals surface area contributed by atoms with Crippen molar-refractivity contribution in [3.8, 4) is 5.75 Å². The van der Waals surface area contributed by atoms with Crippen LogP contribution in [0.1, 0.15) is 37.0 Å². The van der Waals surface area contributed by atoms with Crippen molar-refractivity contribution in [2.24, 2.45) is 5.92 Å². The van der Waals surface area contributed by atoms with Crippen LogP contribution in [0.4, 0.5) is 5.69 Å². The van der Waals surface area contributed by atoms with Crippen molar-refractivity contribution in [1.82, 2.24) is 0 Å². The van der Waals surface area contributed by atoms with Crippen LogP contribution < -0.4 is 4.90 Å². The second-order valence-corrected chi connectivity index (χ2v) is 4.93. The highest BCUT2D eigenvalue weighted by molar-refractivity contribution is 5.97. The van der Waals surface area contributed by atoms with E-state index in [2.05, 4.69) is 11.8 Å². The lowest BCUT2D eigenvalue weighted by Crippen LogP contribution is -2.32. The molecule has 1 aliphatic heterocycles. The topological polar surface area (TPSA) is 40.5 Å². The summed E-state index contributed by atoms with van der Waals surface area (Å²) < 4.78 is 0. The van der Waals surface area contributed by atoms with Gasteiger partial charge in [-0.3, -0.25) is 4.79 Å². The monoisotopic (exact) mass is 233 g/mol. The number of carbonyl (C=O) groups is 1. The predicted octanol–water partition coefficient (Wildman–Crippen LogP) is 2.83. The van der Waals surface area contributed by atoms with Gasteiger partial charge in [-0.25, -0.2) is 0 Å². The van der Waals surface area contributed by atoms with Crippen LogP contribution in [0.2, 0.25) is 0 Å². The molecule has 0 radical (unpaired) electrons. The Hall–Kier alpha value is -1.51. The van der Waals surface area contributed by atoms with E-state index in [-0.39, 0.29) is 11.5 Å². The summed E-state index contributed by atoms with van der Waals surface area (Å²) in [4.78, 5) is 13.5. The summed E-state index contributed by atoms with van der Waals surface area (Å²) in [7, 11) is 0. The molecule has 17 heavy (non-hydrogen) atoms. The fourth-order valence-corrected chi connectivity index (χ4v) is 2.28. The Morgan fingerprint density at radius 3 is 2.53 bits per heavy atom. The molecule has 1 aromatic carbocycles. The number of nitrogens with zero attached hydrogens (tertiary/aromatic N) is 1. The summed E-state index contributed by atoms with van der Waals surface area (Å²) in [5.74, 6) is 0.784. The number of ketones is 1. The van der Waals surface area contributed by atoms with Crippen LogP contribution in [0, 0.1) is 5.92 Å². The largest absolute Gasteiger partial charge is 0.507 e. The highest BCUT2D eigenvalue weighted by Crippen LogP contribution is 2.28. The Bertz CT molecular complexity index is 420. The molecular weight excluding hydrogens is 214 g/mol. The standard InChI is InChI=1S/C14H19NO2/c1-10-5-7-15(8-6-10)12-3-4-13(11(2)16)14(17)9-12/h3-4,9-10,17H,5-8H2,1-2H3. The summed E-state index contributed by atoms with van der Waals surface area (Å²) >= 11 is 0. The zero-order chi connectivity index (χ0) is 12.4. The van der Waals surface area contributed by atoms with Gasteiger partial charge in [0.15, 0.2) is 5.78 Å². The van der Waals surface area contributed by atoms with Gasteiger partial charge >= 0.3 is 0 Å². The Morgan fingerprint density at radius 2 is 2.00 bits per heavy atom. The summed E-state index contributed by atoms with van der Waals surface area (Å²) in [5.41, 5.74) is 1.42. The van der Waals surface area contributed by atoms with Crippen LogP contribution in [0.5, 0.6) is 5.75 Å². The Balaban J connectivity index is 2.17. The van der Waals surface area contributed by atoms with E-state index in [0.717, 1.165) is 24.7 Å². The van der Waals surface area contributed by atoms with E-state index in [1.54, 1.807) is 12.1 Å². The number of piperidine rings is 1. The number of hydrogen-bond acceptors (Lipinski definition) is 3. The van der Waals surface area contributed by atoms with E-state index in [1.165, 1.54) is 19.8 Å². The molecule has 0 unspecified atom stereocenters. The molecule has 1 aliphatic rings. The molecule has 1 aromatic rings. The molecule has 0 saturated carbocycles. The third-order valence-electron chi connectivity index (χ3n) is 3.51. The lowest BCUT2D eigenvalue weighted by atomic mass is 9.98. The maximum Gasteiger partial charge on any atom is 0.163 e. The van der Waals surface area contributed by atoms with Gasteiger partial charge in [-0.15, -0.1) is 0 Å². The average molecular weight is 233 g/mol. The van der Waals surface area contributed by atoms with Gasteiger partial charge in [0.25, 0.3) is 0 Å². The lowest BCUT2D eigenvalue weighted by Gasteiger charge is -2.32. The van der Waals surface area contributed by atoms with Gasteiger partial charge in [-0.1, -0.05) is 6.92 Å². The molecule has 0 amide bonds. The minimum atomic E-state index is -0.0960. The summed E-state index contributed by atoms with van der Waals surface area (Å²) in [5, 5.41) is 9.80. The van der Waals surface area contributed by atoms with Crippen LogP contribution in [-0.4, -0.2) is 24.0 Å². The molecular formula is C14H19NO2. The van der Waals surface area contributed by atoms with E-state index in [9.17, 15) is 9.90 Å². The Kier molecular flexibility index (Phi) is 3.36. The zero-order valence-electron chi connectivity index (χ0n) is 10.4. The van der Waals surface area contributed by atoms with Crippen LogP contribution in [0.3, 0.4) is 0 Å². The molecule has 0 aromatic heterocycles. The molecule has 1 N–H and O–H groups in total. The van der Waals surface area contributed by atoms with Gasteiger partial charge in [0.1, 0.15) is 5.75 Å². The first-order valence-electron chi connectivity index (χ1n) is 6.17. The molecule has 0 aliphatic carbocycles. The zero-order valence-corrected chi connectivity index (χ0v) is 10.4. The van der Waals surface area contributed by atoms with Gasteiger partial charge in [0, 0.05) is 24.8 Å². The van der Waals surface area contributed by atoms with Crippen molar-refractivity contribution in [1.29, 1.82) is 0 Å². The van der Waals surface area contributed by atoms with Crippen molar-refractivity contribution in [3.05, 3.63) is 23.8 Å². The number of phenolic OH excluding ortho intramolecular Hbond substituents is 1. The van der Waals surface area contributed by atoms with Crippen molar-refractivity contribution >= 4 is 11.5 Å². The molecule has 0 bridgehead atoms. The SMILES string of the molecule is CC(=O)c1ccc(N2CCC(C)CC2)cc1O. The number of hydrogen-bond donors (Lipinski definition) is 1. The molecule has 0 spiro atoms. The van der Waals surface area contributed by atoms with E-state index in [4.69, 9.17) is 0 Å². The van der Waals surface area contributed by atoms with Crippen LogP contribution in [-0.2, 0) is 0 Å². The minimum absolute atomic E-state index is 0.0913. The van der Waals surface area contributed by atoms with Crippen LogP contribution >= 0.6 is 0 Å². The first-order valence-corrected chi connectivity index (χ1v) is 6.17. The van der Waals surface area contributed by atoms with Crippen molar-refractivity contribution < 1.29 is 9.90 Å². The maximum atomic E-state index is 11.2. The van der Waals surface area contributed by atoms with Crippen molar-refractivity contribution in [2.45, 2.75) is 26.7 Å². The predicted molar refractivity (Wildman–Crippen MR) is 68.7 cm³/mol. The number of rotatable bonds is 2. The van der Waals surface area contributed by atoms with Gasteiger partial charge < -0.3 is 10.0 Å². The molecule has 1 saturated heterocycles. The smallest absolute Gasteiger partial charge is 0.163 e. The summed E-state index contributed by atoms with van der Waals surface area (Å²) in [6.45, 7) is 5.80. The summed E-state index contributed by atoms with van der Waals surface area (Å²) in [6, 6.07) is 5.34. The number of Topliss-reactive ketones (excluding diaryl/α,β-unsaturated/α-hetero) is 1. The molecule has 3 heteroatoms. The number of anilines is 1. The number of aromatic hydroxyl groups is 1. The van der Waals surface area contributed by atoms with Crippen LogP contribution in [0.15, 0.2) is 18.2 Å². The molecule has 2 rings (SSSR count). The number of phenols is 1. The third kappa shape index (κ3) is 2.60. The average Bonchev–Trinajstić information content (AvgIpc) is 2.29. The molecule has 92 valence electrons. The van der Waals surface area contributed by atoms with Gasteiger partial charge in [0.2, 0.25) is 0 Å². The summed E-state index contributed by atoms with van der Waals surface area (Å²) in [6.07, 6.45) is 2.38. The number of benzene rings is 1. The van der Waals surface area contributed by atoms with Gasteiger partial charge in [0.05, 0.1) is 5.56 Å². The maximum absolute atomic E-state index is 11.2. The van der Waals surface area contributed by atoms with E-state index < -0.39 is 0 Å². The van der Waals surface area contributed by atoms with Gasteiger partial charge in [-0.2, -0.15) is 0 Å². The van der Waals surface area contributed by atoms with E-state index in [0.29, 0.717) is 5.56 Å². The van der Waals surface area contributed by atoms with E-state index in [1.807, 2.05) is 6.07 Å². The third-order valence-corrected chi connectivity index (χ3v) is 3.51. The molecule has 0 atom stereocenters. The minimum Gasteiger partial charge on any atom is -0.507 e. The first kappa shape index (κ1) is 12.0. The van der Waals surface area contributed by atoms with Gasteiger partial charge in [-0.05, 0) is 37.8 Å². The van der Waals surface area contributed by atoms with E-state index >= 15 is 0 Å². The lowest BCUT2D eigenvalue weighted by molar-refractivity contribution is 0.101. The Labute approximate surface area is 102 Å². The molecule has 3 nitrogen and oxygen atoms in total. The Morgan fingerprint density at radius 1 is 1.35 bits per heavy atom. The quantitative estimate of drug-likeness (QED) is 0.798. The molecule has 1 heterocycles. The highest BCUT2D eigenvalue weighted by Gasteiger charge is 2.17. The fraction of sp³-hybridized carbons (Fsp3) is 0.500. The normalized spacial score (nSPS) is 17.2. The first-order chi connectivity index (χ1) is 8.08. The second kappa shape index (κ2) is 4.78. The van der Waals surface area contributed by atoms with Crippen LogP contribution in [0.25, 0.3) is 0 Å². The fourth-order valence-electron chi connectivity index (χ4n) is 2.28. The van der Waals surface area contributed by atoms with Crippen molar-refractivity contribution in [2.75, 3.05) is 18.0 Å². The number of carbonyl (C=O) groups excluding carboxylic acids is 1. The molecule has 1 fully saturated rings.